The summed E-state index contributed by atoms with van der Waals surface area (Å²) in [6.45, 7) is 2.16. The first kappa shape index (κ1) is 23.1. The maximum Gasteiger partial charge on any atom is 0.305 e. The molecule has 1 saturated heterocycles. The summed E-state index contributed by atoms with van der Waals surface area (Å²) in [6.07, 6.45) is 11.3. The number of rotatable bonds is 11. The van der Waals surface area contributed by atoms with E-state index in [1.165, 1.54) is 7.11 Å². The first-order chi connectivity index (χ1) is 13.0. The number of alkyl halides is 1. The van der Waals surface area contributed by atoms with Crippen LogP contribution in [0.1, 0.15) is 64.7 Å². The van der Waals surface area contributed by atoms with Crippen molar-refractivity contribution >= 4 is 28.6 Å². The summed E-state index contributed by atoms with van der Waals surface area (Å²) in [6, 6.07) is 0. The summed E-state index contributed by atoms with van der Waals surface area (Å²) in [5.41, 5.74) is 0. The summed E-state index contributed by atoms with van der Waals surface area (Å²) in [5.74, 6) is 0.232. The van der Waals surface area contributed by atoms with E-state index in [0.29, 0.717) is 22.7 Å². The second kappa shape index (κ2) is 11.7. The fourth-order valence-corrected chi connectivity index (χ4v) is 5.21. The van der Waals surface area contributed by atoms with Crippen LogP contribution in [-0.2, 0) is 14.3 Å². The van der Waals surface area contributed by atoms with Crippen LogP contribution >= 0.6 is 22.6 Å². The number of aliphatic hydroxyl groups excluding tert-OH is 2. The van der Waals surface area contributed by atoms with Crippen molar-refractivity contribution in [1.29, 1.82) is 0 Å². The highest BCUT2D eigenvalue weighted by atomic mass is 127. The lowest BCUT2D eigenvalue weighted by molar-refractivity contribution is -0.140. The average molecular weight is 494 g/mol. The molecule has 0 spiro atoms. The van der Waals surface area contributed by atoms with Gasteiger partial charge >= 0.3 is 5.97 Å². The first-order valence-corrected chi connectivity index (χ1v) is 11.6. The number of esters is 1. The average Bonchev–Trinajstić information content (AvgIpc) is 3.17. The zero-order valence-corrected chi connectivity index (χ0v) is 18.7. The van der Waals surface area contributed by atoms with Gasteiger partial charge in [0.1, 0.15) is 0 Å². The van der Waals surface area contributed by atoms with E-state index < -0.39 is 6.10 Å². The Labute approximate surface area is 177 Å². The van der Waals surface area contributed by atoms with Gasteiger partial charge in [-0.15, -0.1) is 0 Å². The molecule has 0 aromatic carbocycles. The molecule has 1 unspecified atom stereocenters. The predicted octanol–water partition coefficient (Wildman–Crippen LogP) is 3.79. The van der Waals surface area contributed by atoms with E-state index in [9.17, 15) is 15.0 Å². The first-order valence-electron chi connectivity index (χ1n) is 10.4. The number of fused-ring (bicyclic) bond motifs is 1. The summed E-state index contributed by atoms with van der Waals surface area (Å²) in [5, 5.41) is 20.5. The third-order valence-electron chi connectivity index (χ3n) is 5.89. The second-order valence-electron chi connectivity index (χ2n) is 7.93. The van der Waals surface area contributed by atoms with Crippen molar-refractivity contribution in [3.05, 3.63) is 12.2 Å². The third kappa shape index (κ3) is 6.98. The molecule has 0 radical (unpaired) electrons. The largest absolute Gasteiger partial charge is 0.469 e. The zero-order chi connectivity index (χ0) is 19.8. The van der Waals surface area contributed by atoms with Crippen LogP contribution in [0.4, 0.5) is 0 Å². The monoisotopic (exact) mass is 494 g/mol. The summed E-state index contributed by atoms with van der Waals surface area (Å²) >= 11 is 2.43. The smallest absolute Gasteiger partial charge is 0.305 e. The molecule has 1 heterocycles. The number of hydrogen-bond acceptors (Lipinski definition) is 5. The van der Waals surface area contributed by atoms with Crippen molar-refractivity contribution in [3.8, 4) is 0 Å². The summed E-state index contributed by atoms with van der Waals surface area (Å²) in [4.78, 5) is 11.3. The quantitative estimate of drug-likeness (QED) is 0.150. The Hall–Kier alpha value is -0.180. The Morgan fingerprint density at radius 2 is 2.07 bits per heavy atom. The number of unbranched alkanes of at least 4 members (excludes halogenated alkanes) is 2. The van der Waals surface area contributed by atoms with Crippen molar-refractivity contribution in [2.45, 2.75) is 93.1 Å². The molecule has 6 heteroatoms. The molecule has 5 nitrogen and oxygen atoms in total. The van der Waals surface area contributed by atoms with Gasteiger partial charge in [0.05, 0.1) is 31.5 Å². The lowest BCUT2D eigenvalue weighted by atomic mass is 9.89. The minimum Gasteiger partial charge on any atom is -0.469 e. The van der Waals surface area contributed by atoms with Crippen molar-refractivity contribution in [1.82, 2.24) is 0 Å². The summed E-state index contributed by atoms with van der Waals surface area (Å²) < 4.78 is 11.3. The van der Waals surface area contributed by atoms with E-state index in [1.807, 2.05) is 12.2 Å². The molecule has 1 aliphatic heterocycles. The Morgan fingerprint density at radius 3 is 2.78 bits per heavy atom. The van der Waals surface area contributed by atoms with E-state index in [4.69, 9.17) is 9.47 Å². The van der Waals surface area contributed by atoms with Crippen molar-refractivity contribution in [3.63, 3.8) is 0 Å². The topological polar surface area (TPSA) is 76.0 Å². The Balaban J connectivity index is 1.81. The van der Waals surface area contributed by atoms with Gasteiger partial charge < -0.3 is 19.7 Å². The molecule has 1 aliphatic carbocycles. The van der Waals surface area contributed by atoms with Crippen LogP contribution in [0.25, 0.3) is 0 Å². The molecule has 2 rings (SSSR count). The predicted molar refractivity (Wildman–Crippen MR) is 114 cm³/mol. The number of carbonyl (C=O) groups excluding carboxylic acids is 1. The second-order valence-corrected chi connectivity index (χ2v) is 9.53. The van der Waals surface area contributed by atoms with Gasteiger partial charge in [-0.05, 0) is 31.6 Å². The molecular formula is C21H35IO5. The van der Waals surface area contributed by atoms with Gasteiger partial charge in [0, 0.05) is 22.7 Å². The van der Waals surface area contributed by atoms with Crippen LogP contribution in [0, 0.1) is 11.8 Å². The van der Waals surface area contributed by atoms with Crippen LogP contribution in [0.5, 0.6) is 0 Å². The fourth-order valence-electron chi connectivity index (χ4n) is 4.31. The van der Waals surface area contributed by atoms with Crippen LogP contribution in [0.3, 0.4) is 0 Å². The normalized spacial score (nSPS) is 32.6. The summed E-state index contributed by atoms with van der Waals surface area (Å²) in [7, 11) is 1.42. The molecule has 156 valence electrons. The van der Waals surface area contributed by atoms with E-state index >= 15 is 0 Å². The number of carbonyl (C=O) groups is 1. The highest BCUT2D eigenvalue weighted by Gasteiger charge is 2.49. The maximum absolute atomic E-state index is 11.3. The van der Waals surface area contributed by atoms with Gasteiger partial charge in [0.15, 0.2) is 0 Å². The molecule has 0 bridgehead atoms. The number of aliphatic hydroxyl groups is 2. The SMILES string of the molecule is CCCCC[C@H](O)/C=C/[C@@H]1[C@H]2CC([C@@H](I)CCCC(=O)OC)O[C@H]2C[C@H]1O. The minimum absolute atomic E-state index is 0.0690. The minimum atomic E-state index is -0.420. The fraction of sp³-hybridized carbons (Fsp3) is 0.857. The van der Waals surface area contributed by atoms with E-state index in [-0.39, 0.29) is 30.2 Å². The Morgan fingerprint density at radius 1 is 1.30 bits per heavy atom. The van der Waals surface area contributed by atoms with Crippen molar-refractivity contribution in [2.24, 2.45) is 11.8 Å². The zero-order valence-electron chi connectivity index (χ0n) is 16.6. The molecule has 7 atom stereocenters. The van der Waals surface area contributed by atoms with E-state index in [0.717, 1.165) is 44.9 Å². The van der Waals surface area contributed by atoms with Gasteiger partial charge in [-0.2, -0.15) is 0 Å². The van der Waals surface area contributed by atoms with E-state index in [2.05, 4.69) is 29.5 Å². The molecule has 2 fully saturated rings. The molecule has 2 aliphatic rings. The number of ether oxygens (including phenoxy) is 2. The number of halogens is 1. The Bertz CT molecular complexity index is 483. The van der Waals surface area contributed by atoms with Gasteiger partial charge in [0.2, 0.25) is 0 Å². The molecule has 0 aromatic rings. The van der Waals surface area contributed by atoms with Gasteiger partial charge in [0.25, 0.3) is 0 Å². The number of methoxy groups -OCH3 is 1. The molecule has 0 aromatic heterocycles. The standard InChI is InChI=1S/C21H35IO5/c1-3-4-5-7-14(23)10-11-15-16-12-20(27-19(16)13-18(15)24)17(22)8-6-9-21(25)26-2/h10-11,14-20,23-24H,3-9,12-13H2,1-2H3/b11-10+/t14-,15+,16+,17-,18+,19-,20?/m0/s1. The number of hydrogen-bond donors (Lipinski definition) is 2. The van der Waals surface area contributed by atoms with Gasteiger partial charge in [-0.1, -0.05) is 60.9 Å². The molecule has 0 amide bonds. The molecular weight excluding hydrogens is 459 g/mol. The highest BCUT2D eigenvalue weighted by Crippen LogP contribution is 2.46. The van der Waals surface area contributed by atoms with Gasteiger partial charge in [-0.3, -0.25) is 4.79 Å². The van der Waals surface area contributed by atoms with Crippen LogP contribution in [0.15, 0.2) is 12.2 Å². The lowest BCUT2D eigenvalue weighted by Crippen LogP contribution is -2.24. The van der Waals surface area contributed by atoms with Crippen molar-refractivity contribution in [2.75, 3.05) is 7.11 Å². The van der Waals surface area contributed by atoms with Crippen LogP contribution < -0.4 is 0 Å². The van der Waals surface area contributed by atoms with Crippen molar-refractivity contribution < 1.29 is 24.5 Å². The Kier molecular flexibility index (Phi) is 10.0. The molecule has 1 saturated carbocycles. The third-order valence-corrected chi connectivity index (χ3v) is 7.32. The van der Waals surface area contributed by atoms with Crippen LogP contribution in [0.2, 0.25) is 0 Å². The highest BCUT2D eigenvalue weighted by molar-refractivity contribution is 14.1. The maximum atomic E-state index is 11.3. The molecule has 2 N–H and O–H groups in total. The van der Waals surface area contributed by atoms with Gasteiger partial charge in [-0.25, -0.2) is 0 Å². The molecule has 27 heavy (non-hydrogen) atoms. The lowest BCUT2D eigenvalue weighted by Gasteiger charge is -2.21. The van der Waals surface area contributed by atoms with E-state index in [1.54, 1.807) is 0 Å². The van der Waals surface area contributed by atoms with Crippen LogP contribution in [-0.4, -0.2) is 51.6 Å².